The second-order valence-corrected chi connectivity index (χ2v) is 7.75. The summed E-state index contributed by atoms with van der Waals surface area (Å²) in [4.78, 5) is 25.4. The van der Waals surface area contributed by atoms with Crippen molar-refractivity contribution in [1.82, 2.24) is 4.57 Å². The van der Waals surface area contributed by atoms with E-state index in [-0.39, 0.29) is 40.2 Å². The van der Waals surface area contributed by atoms with Crippen LogP contribution in [0.1, 0.15) is 33.2 Å². The lowest BCUT2D eigenvalue weighted by molar-refractivity contribution is 0.0526. The minimum Gasteiger partial charge on any atom is -0.503 e. The smallest absolute Gasteiger partial charge is 0.338 e. The molecule has 1 aromatic heterocycles. The Hall–Kier alpha value is -4.10. The SMILES string of the molecule is CCOC(=O)c1ccc(-n2c(O)c(O)c(C(=O)c3ccc(Cl)cc3)c2-c2ccccc2F)cc1. The van der Waals surface area contributed by atoms with E-state index in [9.17, 15) is 24.2 Å². The summed E-state index contributed by atoms with van der Waals surface area (Å²) in [7, 11) is 0. The molecule has 0 aliphatic carbocycles. The maximum absolute atomic E-state index is 14.9. The molecule has 0 aliphatic heterocycles. The van der Waals surface area contributed by atoms with E-state index in [1.54, 1.807) is 13.0 Å². The lowest BCUT2D eigenvalue weighted by Gasteiger charge is -2.13. The number of rotatable bonds is 6. The molecule has 0 amide bonds. The number of hydrogen-bond donors (Lipinski definition) is 2. The molecule has 4 aromatic rings. The monoisotopic (exact) mass is 479 g/mol. The van der Waals surface area contributed by atoms with Gasteiger partial charge in [0.15, 0.2) is 11.5 Å². The third-order valence-electron chi connectivity index (χ3n) is 5.22. The van der Waals surface area contributed by atoms with Crippen molar-refractivity contribution < 1.29 is 28.9 Å². The number of aromatic hydroxyl groups is 2. The van der Waals surface area contributed by atoms with Crippen LogP contribution in [0.2, 0.25) is 5.02 Å². The van der Waals surface area contributed by atoms with E-state index >= 15 is 0 Å². The molecule has 0 aliphatic rings. The Morgan fingerprint density at radius 2 is 1.56 bits per heavy atom. The highest BCUT2D eigenvalue weighted by Crippen LogP contribution is 2.44. The van der Waals surface area contributed by atoms with E-state index in [1.165, 1.54) is 66.7 Å². The molecule has 0 atom stereocenters. The van der Waals surface area contributed by atoms with Gasteiger partial charge in [-0.3, -0.25) is 9.36 Å². The lowest BCUT2D eigenvalue weighted by Crippen LogP contribution is -2.07. The number of halogens is 2. The molecule has 0 fully saturated rings. The van der Waals surface area contributed by atoms with Gasteiger partial charge in [0, 0.05) is 21.8 Å². The predicted octanol–water partition coefficient (Wildman–Crippen LogP) is 5.76. The van der Waals surface area contributed by atoms with Crippen molar-refractivity contribution >= 4 is 23.4 Å². The van der Waals surface area contributed by atoms with Gasteiger partial charge in [0.2, 0.25) is 5.88 Å². The number of esters is 1. The van der Waals surface area contributed by atoms with E-state index in [0.717, 1.165) is 4.57 Å². The van der Waals surface area contributed by atoms with Crippen LogP contribution in [-0.4, -0.2) is 33.1 Å². The van der Waals surface area contributed by atoms with Gasteiger partial charge in [0.1, 0.15) is 5.82 Å². The highest BCUT2D eigenvalue weighted by Gasteiger charge is 2.31. The molecule has 3 aromatic carbocycles. The number of ketones is 1. The average molecular weight is 480 g/mol. The largest absolute Gasteiger partial charge is 0.503 e. The number of nitrogens with zero attached hydrogens (tertiary/aromatic N) is 1. The normalized spacial score (nSPS) is 10.8. The molecular formula is C26H19ClFNO5. The quantitative estimate of drug-likeness (QED) is 0.271. The van der Waals surface area contributed by atoms with Crippen molar-refractivity contribution in [2.24, 2.45) is 0 Å². The van der Waals surface area contributed by atoms with Gasteiger partial charge < -0.3 is 14.9 Å². The summed E-state index contributed by atoms with van der Waals surface area (Å²) in [6.45, 7) is 1.90. The molecule has 0 spiro atoms. The fourth-order valence-corrected chi connectivity index (χ4v) is 3.75. The van der Waals surface area contributed by atoms with Gasteiger partial charge in [-0.1, -0.05) is 23.7 Å². The summed E-state index contributed by atoms with van der Waals surface area (Å²) in [6.07, 6.45) is 0. The van der Waals surface area contributed by atoms with Crippen LogP contribution in [0.15, 0.2) is 72.8 Å². The van der Waals surface area contributed by atoms with Crippen LogP contribution < -0.4 is 0 Å². The predicted molar refractivity (Wildman–Crippen MR) is 125 cm³/mol. The molecular weight excluding hydrogens is 461 g/mol. The zero-order valence-electron chi connectivity index (χ0n) is 18.0. The van der Waals surface area contributed by atoms with Gasteiger partial charge in [-0.25, -0.2) is 9.18 Å². The van der Waals surface area contributed by atoms with Crippen molar-refractivity contribution in [3.63, 3.8) is 0 Å². The van der Waals surface area contributed by atoms with E-state index in [0.29, 0.717) is 5.02 Å². The number of benzene rings is 3. The highest BCUT2D eigenvalue weighted by molar-refractivity contribution is 6.30. The topological polar surface area (TPSA) is 88.8 Å². The molecule has 0 unspecified atom stereocenters. The fourth-order valence-electron chi connectivity index (χ4n) is 3.63. The Kier molecular flexibility index (Phi) is 6.38. The molecule has 0 saturated carbocycles. The molecule has 2 N–H and O–H groups in total. The maximum atomic E-state index is 14.9. The van der Waals surface area contributed by atoms with Crippen molar-refractivity contribution in [3.05, 3.63) is 100 Å². The van der Waals surface area contributed by atoms with E-state index in [4.69, 9.17) is 16.3 Å². The number of ether oxygens (including phenoxy) is 1. The average Bonchev–Trinajstić information content (AvgIpc) is 3.10. The first-order valence-corrected chi connectivity index (χ1v) is 10.7. The molecule has 0 saturated heterocycles. The van der Waals surface area contributed by atoms with Gasteiger partial charge in [-0.2, -0.15) is 0 Å². The van der Waals surface area contributed by atoms with Crippen LogP contribution in [0.3, 0.4) is 0 Å². The molecule has 0 radical (unpaired) electrons. The molecule has 8 heteroatoms. The summed E-state index contributed by atoms with van der Waals surface area (Å²) in [5, 5.41) is 22.0. The van der Waals surface area contributed by atoms with Gasteiger partial charge in [-0.15, -0.1) is 0 Å². The van der Waals surface area contributed by atoms with E-state index in [1.807, 2.05) is 0 Å². The zero-order valence-corrected chi connectivity index (χ0v) is 18.7. The van der Waals surface area contributed by atoms with Crippen molar-refractivity contribution in [3.8, 4) is 28.6 Å². The third kappa shape index (κ3) is 4.13. The summed E-state index contributed by atoms with van der Waals surface area (Å²) in [5.41, 5.74) is 0.411. The van der Waals surface area contributed by atoms with Gasteiger partial charge in [0.25, 0.3) is 0 Å². The molecule has 6 nitrogen and oxygen atoms in total. The molecule has 172 valence electrons. The molecule has 34 heavy (non-hydrogen) atoms. The Bertz CT molecular complexity index is 1380. The number of hydrogen-bond acceptors (Lipinski definition) is 5. The lowest BCUT2D eigenvalue weighted by atomic mass is 9.99. The standard InChI is InChI=1S/C26H19ClFNO5/c1-2-34-26(33)16-9-13-18(14-10-16)29-22(19-5-3-4-6-20(19)28)21(24(31)25(29)32)23(30)15-7-11-17(27)12-8-15/h3-14,31-32H,2H2,1H3. The van der Waals surface area contributed by atoms with Gasteiger partial charge >= 0.3 is 5.97 Å². The summed E-state index contributed by atoms with van der Waals surface area (Å²) in [5.74, 6) is -3.17. The van der Waals surface area contributed by atoms with E-state index in [2.05, 4.69) is 0 Å². The highest BCUT2D eigenvalue weighted by atomic mass is 35.5. The minimum atomic E-state index is -0.701. The van der Waals surface area contributed by atoms with Crippen LogP contribution in [-0.2, 0) is 4.74 Å². The van der Waals surface area contributed by atoms with Crippen LogP contribution in [0, 0.1) is 5.82 Å². The first kappa shape index (κ1) is 23.1. The Morgan fingerprint density at radius 3 is 2.18 bits per heavy atom. The Labute approximate surface area is 199 Å². The fraction of sp³-hybridized carbons (Fsp3) is 0.0769. The Balaban J connectivity index is 1.95. The first-order valence-electron chi connectivity index (χ1n) is 10.3. The molecule has 1 heterocycles. The summed E-state index contributed by atoms with van der Waals surface area (Å²) >= 11 is 5.92. The zero-order chi connectivity index (χ0) is 24.4. The third-order valence-corrected chi connectivity index (χ3v) is 5.47. The molecule has 4 rings (SSSR count). The summed E-state index contributed by atoms with van der Waals surface area (Å²) in [6, 6.07) is 17.6. The van der Waals surface area contributed by atoms with Crippen LogP contribution in [0.25, 0.3) is 16.9 Å². The second kappa shape index (κ2) is 9.41. The van der Waals surface area contributed by atoms with Crippen molar-refractivity contribution in [2.45, 2.75) is 6.92 Å². The number of carbonyl (C=O) groups excluding carboxylic acids is 2. The molecule has 0 bridgehead atoms. The summed E-state index contributed by atoms with van der Waals surface area (Å²) < 4.78 is 21.0. The van der Waals surface area contributed by atoms with Crippen LogP contribution in [0.4, 0.5) is 4.39 Å². The van der Waals surface area contributed by atoms with Crippen molar-refractivity contribution in [2.75, 3.05) is 6.61 Å². The maximum Gasteiger partial charge on any atom is 0.338 e. The van der Waals surface area contributed by atoms with Gasteiger partial charge in [0.05, 0.1) is 23.4 Å². The van der Waals surface area contributed by atoms with Gasteiger partial charge in [-0.05, 0) is 67.6 Å². The van der Waals surface area contributed by atoms with Crippen LogP contribution >= 0.6 is 11.6 Å². The Morgan fingerprint density at radius 1 is 0.941 bits per heavy atom. The first-order chi connectivity index (χ1) is 16.3. The number of carbonyl (C=O) groups is 2. The van der Waals surface area contributed by atoms with Crippen LogP contribution in [0.5, 0.6) is 11.6 Å². The number of aromatic nitrogens is 1. The second-order valence-electron chi connectivity index (χ2n) is 7.31. The van der Waals surface area contributed by atoms with Crippen molar-refractivity contribution in [1.29, 1.82) is 0 Å². The minimum absolute atomic E-state index is 0.00937. The van der Waals surface area contributed by atoms with E-state index < -0.39 is 29.2 Å².